The Morgan fingerprint density at radius 1 is 1.00 bits per heavy atom. The van der Waals surface area contributed by atoms with Crippen LogP contribution < -0.4 is 0 Å². The molecule has 0 nitrogen and oxygen atoms in total. The van der Waals surface area contributed by atoms with E-state index in [1.165, 1.54) is 42.6 Å². The van der Waals surface area contributed by atoms with E-state index in [4.69, 9.17) is 0 Å². The Kier molecular flexibility index (Phi) is 23.3. The normalized spacial score (nSPS) is 8.09. The van der Waals surface area contributed by atoms with Crippen LogP contribution in [0.15, 0.2) is 0 Å². The molecule has 0 aromatic rings. The molecule has 0 radical (unpaired) electrons. The average Bonchev–Trinajstić information content (AvgIpc) is 2.06. The molecule has 0 rings (SSSR count). The Bertz CT molecular complexity index is 45.8. The Labute approximate surface area is 91.7 Å². The molecule has 0 aliphatic rings. The van der Waals surface area contributed by atoms with Crippen LogP contribution >= 0.6 is 0 Å². The van der Waals surface area contributed by atoms with Crippen molar-refractivity contribution in [2.45, 2.75) is 55.1 Å². The molecule has 0 spiro atoms. The van der Waals surface area contributed by atoms with Crippen LogP contribution in [0.5, 0.6) is 0 Å². The molecule has 0 bridgehead atoms. The van der Waals surface area contributed by atoms with Crippen molar-refractivity contribution in [2.75, 3.05) is 0 Å². The van der Waals surface area contributed by atoms with Crippen LogP contribution in [0.4, 0.5) is 0 Å². The van der Waals surface area contributed by atoms with Crippen molar-refractivity contribution >= 4 is 0 Å². The van der Waals surface area contributed by atoms with Gasteiger partial charge in [-0.25, -0.2) is 0 Å². The summed E-state index contributed by atoms with van der Waals surface area (Å²) in [6, 6.07) is 0. The van der Waals surface area contributed by atoms with E-state index in [1.807, 2.05) is 0 Å². The van der Waals surface area contributed by atoms with Crippen LogP contribution in [0.2, 0.25) is 15.0 Å². The molecule has 0 fully saturated rings. The van der Waals surface area contributed by atoms with Crippen LogP contribution in [0.1, 0.15) is 41.5 Å². The van der Waals surface area contributed by atoms with Crippen molar-refractivity contribution in [3.63, 3.8) is 0 Å². The quantitative estimate of drug-likeness (QED) is 0.511. The van der Waals surface area contributed by atoms with Crippen LogP contribution in [0, 0.1) is 0 Å². The smallest absolute Gasteiger partial charge is 0 e. The van der Waals surface area contributed by atoms with E-state index >= 15 is 0 Å². The van der Waals surface area contributed by atoms with Crippen molar-refractivity contribution in [2.24, 2.45) is 0 Å². The van der Waals surface area contributed by atoms with Gasteiger partial charge in [0.15, 0.2) is 0 Å². The van der Waals surface area contributed by atoms with Gasteiger partial charge in [0.2, 0.25) is 0 Å². The van der Waals surface area contributed by atoms with Gasteiger partial charge in [0.05, 0.1) is 0 Å². The molecule has 0 aromatic carbocycles. The Hall–Kier alpha value is 1.25. The molecule has 0 atom stereocenters. The first-order valence-electron chi connectivity index (χ1n) is 5.12. The fourth-order valence-electron chi connectivity index (χ4n) is 0.677. The topological polar surface area (TPSA) is 0 Å². The average molecular weight is 262 g/mol. The zero-order valence-corrected chi connectivity index (χ0v) is 14.6. The molecule has 0 saturated heterocycles. The van der Waals surface area contributed by atoms with Gasteiger partial charge in [-0.1, -0.05) is 0 Å². The van der Waals surface area contributed by atoms with Gasteiger partial charge in [0.1, 0.15) is 0 Å². The summed E-state index contributed by atoms with van der Waals surface area (Å²) < 4.78 is 0. The van der Waals surface area contributed by atoms with Crippen molar-refractivity contribution < 1.29 is 36.9 Å². The van der Waals surface area contributed by atoms with Gasteiger partial charge in [-0.2, -0.15) is 0 Å². The van der Waals surface area contributed by atoms with Crippen molar-refractivity contribution in [1.82, 2.24) is 0 Å². The standard InChI is InChI=1S/3C3H7.2Zn.H2/c3*1-3-2;;;/h3*1,3H2,2H3;;;1H. The van der Waals surface area contributed by atoms with Crippen molar-refractivity contribution in [3.05, 3.63) is 0 Å². The molecular weight excluding hydrogens is 239 g/mol. The van der Waals surface area contributed by atoms with E-state index in [0.29, 0.717) is 0 Å². The summed E-state index contributed by atoms with van der Waals surface area (Å²) in [6.07, 6.45) is 4.26. The first-order valence-corrected chi connectivity index (χ1v) is 11.4. The summed E-state index contributed by atoms with van der Waals surface area (Å²) in [6.45, 7) is 6.80. The number of hydrogen-bond donors (Lipinski definition) is 0. The molecule has 0 heterocycles. The molecule has 2 heteroatoms. The Morgan fingerprint density at radius 3 is 1.55 bits per heavy atom. The van der Waals surface area contributed by atoms with E-state index in [-0.39, 0.29) is 18.6 Å². The maximum Gasteiger partial charge on any atom is 0 e. The Morgan fingerprint density at radius 2 is 1.36 bits per heavy atom. The third kappa shape index (κ3) is 24.6. The van der Waals surface area contributed by atoms with Gasteiger partial charge < -0.3 is 0 Å². The van der Waals surface area contributed by atoms with Crippen LogP contribution in [0.25, 0.3) is 0 Å². The molecule has 0 saturated carbocycles. The fraction of sp³-hybridized carbons (Fsp3) is 1.00. The minimum atomic E-state index is 0. The molecule has 0 unspecified atom stereocenters. The first-order chi connectivity index (χ1) is 5.33. The molecule has 63 valence electrons. The number of hydrogen-bond acceptors (Lipinski definition) is 0. The third-order valence-corrected chi connectivity index (χ3v) is 8.11. The molecule has 11 heavy (non-hydrogen) atoms. The van der Waals surface area contributed by atoms with E-state index in [1.54, 1.807) is 10.0 Å². The second kappa shape index (κ2) is 17.4. The summed E-state index contributed by atoms with van der Waals surface area (Å²) >= 11 is 1.52. The van der Waals surface area contributed by atoms with Gasteiger partial charge in [0, 0.05) is 1.43 Å². The molecule has 0 amide bonds. The van der Waals surface area contributed by atoms with Gasteiger partial charge >= 0.3 is 90.5 Å². The van der Waals surface area contributed by atoms with Crippen molar-refractivity contribution in [3.8, 4) is 0 Å². The van der Waals surface area contributed by atoms with Crippen molar-refractivity contribution in [1.29, 1.82) is 0 Å². The van der Waals surface area contributed by atoms with E-state index in [2.05, 4.69) is 20.8 Å². The summed E-state index contributed by atoms with van der Waals surface area (Å²) in [5, 5.41) is 4.67. The predicted molar refractivity (Wildman–Crippen MR) is 47.4 cm³/mol. The van der Waals surface area contributed by atoms with Crippen LogP contribution in [-0.4, -0.2) is 0 Å². The van der Waals surface area contributed by atoms with Gasteiger partial charge in [-0.05, 0) is 0 Å². The molecular formula is C9H23Zn2. The van der Waals surface area contributed by atoms with Crippen LogP contribution in [-0.2, 0) is 35.4 Å². The second-order valence-electron chi connectivity index (χ2n) is 2.91. The molecule has 0 N–H and O–H groups in total. The minimum Gasteiger partial charge on any atom is 0 e. The molecule has 0 aliphatic heterocycles. The first kappa shape index (κ1) is 14.8. The molecule has 0 aliphatic carbocycles. The van der Waals surface area contributed by atoms with E-state index < -0.39 is 0 Å². The summed E-state index contributed by atoms with van der Waals surface area (Å²) in [5.74, 6) is 0. The second-order valence-corrected chi connectivity index (χ2v) is 8.85. The zero-order valence-electron chi connectivity index (χ0n) is 8.66. The Balaban J connectivity index is -0.000000142. The minimum absolute atomic E-state index is 0. The largest absolute Gasteiger partial charge is 0 e. The summed E-state index contributed by atoms with van der Waals surface area (Å²) in [4.78, 5) is 0. The SMILES string of the molecule is CC[CH2][Zn].CC[CH2][Zn][CH2]CC.[HH]. The van der Waals surface area contributed by atoms with Crippen LogP contribution in [0.3, 0.4) is 0 Å². The summed E-state index contributed by atoms with van der Waals surface area (Å²) in [5.41, 5.74) is 0. The summed E-state index contributed by atoms with van der Waals surface area (Å²) in [7, 11) is 0. The molecule has 0 aromatic heterocycles. The predicted octanol–water partition coefficient (Wildman–Crippen LogP) is 4.33. The van der Waals surface area contributed by atoms with E-state index in [0.717, 1.165) is 0 Å². The fourth-order valence-corrected chi connectivity index (χ4v) is 3.52. The van der Waals surface area contributed by atoms with Gasteiger partial charge in [-0.15, -0.1) is 0 Å². The number of rotatable bonds is 5. The zero-order chi connectivity index (χ0) is 8.95. The van der Waals surface area contributed by atoms with Gasteiger partial charge in [0.25, 0.3) is 0 Å². The van der Waals surface area contributed by atoms with Gasteiger partial charge in [-0.3, -0.25) is 0 Å². The third-order valence-electron chi connectivity index (χ3n) is 1.56. The maximum absolute atomic E-state index is 2.29. The maximum atomic E-state index is 2.29. The van der Waals surface area contributed by atoms with E-state index in [9.17, 15) is 0 Å². The monoisotopic (exact) mass is 259 g/mol.